The second-order valence-electron chi connectivity index (χ2n) is 3.03. The maximum absolute atomic E-state index is 11.8. The normalized spacial score (nSPS) is 10.5. The van der Waals surface area contributed by atoms with E-state index in [9.17, 15) is 9.59 Å². The van der Waals surface area contributed by atoms with Gasteiger partial charge in [0.05, 0.1) is 11.3 Å². The van der Waals surface area contributed by atoms with E-state index in [2.05, 4.69) is 0 Å². The third-order valence-corrected chi connectivity index (χ3v) is 2.34. The van der Waals surface area contributed by atoms with Crippen molar-refractivity contribution < 1.29 is 9.21 Å². The first-order valence-corrected chi connectivity index (χ1v) is 4.87. The number of benzene rings is 1. The summed E-state index contributed by atoms with van der Waals surface area (Å²) in [7, 11) is 0. The number of ketones is 1. The van der Waals surface area contributed by atoms with Crippen LogP contribution < -0.4 is 5.43 Å². The Morgan fingerprint density at radius 1 is 1.33 bits per heavy atom. The lowest BCUT2D eigenvalue weighted by atomic mass is 10.1. The molecule has 0 saturated carbocycles. The summed E-state index contributed by atoms with van der Waals surface area (Å²) >= 11 is 5.38. The van der Waals surface area contributed by atoms with Crippen LogP contribution in [0.3, 0.4) is 0 Å². The summed E-state index contributed by atoms with van der Waals surface area (Å²) in [4.78, 5) is 23.1. The van der Waals surface area contributed by atoms with Gasteiger partial charge in [0.1, 0.15) is 17.4 Å². The molecule has 0 spiro atoms. The smallest absolute Gasteiger partial charge is 0.203 e. The molecule has 3 nitrogen and oxygen atoms in total. The number of rotatable bonds is 2. The number of para-hydroxylation sites is 1. The van der Waals surface area contributed by atoms with Crippen molar-refractivity contribution in [3.63, 3.8) is 0 Å². The minimum Gasteiger partial charge on any atom is -0.463 e. The Morgan fingerprint density at radius 2 is 2.07 bits per heavy atom. The molecule has 0 bridgehead atoms. The Morgan fingerprint density at radius 3 is 2.80 bits per heavy atom. The molecule has 0 saturated heterocycles. The molecule has 0 unspecified atom stereocenters. The maximum Gasteiger partial charge on any atom is 0.203 e. The molecule has 2 rings (SSSR count). The summed E-state index contributed by atoms with van der Waals surface area (Å²) in [6.45, 7) is 0. The summed E-state index contributed by atoms with van der Waals surface area (Å²) < 4.78 is 5.17. The predicted molar refractivity (Wildman–Crippen MR) is 57.5 cm³/mol. The second kappa shape index (κ2) is 3.87. The summed E-state index contributed by atoms with van der Waals surface area (Å²) in [5.74, 6) is -0.639. The number of fused-ring (bicyclic) bond motifs is 1. The van der Waals surface area contributed by atoms with E-state index < -0.39 is 5.78 Å². The fourth-order valence-corrected chi connectivity index (χ4v) is 1.49. The van der Waals surface area contributed by atoms with Gasteiger partial charge in [-0.2, -0.15) is 0 Å². The average Bonchev–Trinajstić information content (AvgIpc) is 2.29. The largest absolute Gasteiger partial charge is 0.463 e. The summed E-state index contributed by atoms with van der Waals surface area (Å²) in [6, 6.07) is 6.76. The van der Waals surface area contributed by atoms with Crippen molar-refractivity contribution in [2.75, 3.05) is 5.88 Å². The van der Waals surface area contributed by atoms with Crippen molar-refractivity contribution in [1.82, 2.24) is 0 Å². The molecule has 0 N–H and O–H groups in total. The highest BCUT2D eigenvalue weighted by Gasteiger charge is 2.12. The third kappa shape index (κ3) is 1.66. The van der Waals surface area contributed by atoms with E-state index in [-0.39, 0.29) is 16.9 Å². The zero-order valence-corrected chi connectivity index (χ0v) is 8.45. The molecule has 1 heterocycles. The maximum atomic E-state index is 11.8. The van der Waals surface area contributed by atoms with Crippen LogP contribution in [0.15, 0.2) is 39.7 Å². The quantitative estimate of drug-likeness (QED) is 0.578. The van der Waals surface area contributed by atoms with Gasteiger partial charge >= 0.3 is 0 Å². The van der Waals surface area contributed by atoms with Crippen LogP contribution in [0, 0.1) is 0 Å². The second-order valence-corrected chi connectivity index (χ2v) is 3.30. The molecule has 1 aromatic heterocycles. The standard InChI is InChI=1S/C11H7ClO3/c12-5-9(13)8-6-15-10-4-2-1-3-7(10)11(8)14/h1-4,6H,5H2. The summed E-state index contributed by atoms with van der Waals surface area (Å²) in [5.41, 5.74) is 0.139. The van der Waals surface area contributed by atoms with Gasteiger partial charge in [0.25, 0.3) is 0 Å². The molecular weight excluding hydrogens is 216 g/mol. The Hall–Kier alpha value is -1.61. The first kappa shape index (κ1) is 9.93. The molecule has 4 heteroatoms. The first-order valence-electron chi connectivity index (χ1n) is 4.33. The molecule has 76 valence electrons. The molecule has 1 aromatic carbocycles. The van der Waals surface area contributed by atoms with Crippen LogP contribution in [0.5, 0.6) is 0 Å². The topological polar surface area (TPSA) is 47.3 Å². The Labute approximate surface area is 90.3 Å². The van der Waals surface area contributed by atoms with Gasteiger partial charge in [-0.25, -0.2) is 0 Å². The van der Waals surface area contributed by atoms with Gasteiger partial charge in [0.15, 0.2) is 5.78 Å². The van der Waals surface area contributed by atoms with Gasteiger partial charge in [-0.1, -0.05) is 12.1 Å². The molecule has 0 aliphatic heterocycles. The van der Waals surface area contributed by atoms with Gasteiger partial charge in [-0.3, -0.25) is 9.59 Å². The van der Waals surface area contributed by atoms with Gasteiger partial charge < -0.3 is 4.42 Å². The van der Waals surface area contributed by atoms with E-state index in [0.29, 0.717) is 11.0 Å². The van der Waals surface area contributed by atoms with E-state index >= 15 is 0 Å². The van der Waals surface area contributed by atoms with Crippen molar-refractivity contribution in [2.24, 2.45) is 0 Å². The zero-order chi connectivity index (χ0) is 10.8. The fraction of sp³-hybridized carbons (Fsp3) is 0.0909. The molecule has 0 amide bonds. The summed E-state index contributed by atoms with van der Waals surface area (Å²) in [5, 5.41) is 0.397. The first-order chi connectivity index (χ1) is 7.24. The number of alkyl halides is 1. The molecule has 2 aromatic rings. The number of carbonyl (C=O) groups excluding carboxylic acids is 1. The van der Waals surface area contributed by atoms with E-state index in [1.165, 1.54) is 0 Å². The summed E-state index contributed by atoms with van der Waals surface area (Å²) in [6.07, 6.45) is 1.16. The monoisotopic (exact) mass is 222 g/mol. The fourth-order valence-electron chi connectivity index (χ4n) is 1.34. The van der Waals surface area contributed by atoms with Crippen LogP contribution >= 0.6 is 11.6 Å². The van der Waals surface area contributed by atoms with Crippen LogP contribution in [-0.2, 0) is 0 Å². The lowest BCUT2D eigenvalue weighted by Gasteiger charge is -1.98. The van der Waals surface area contributed by atoms with Gasteiger partial charge in [-0.15, -0.1) is 11.6 Å². The number of halogens is 1. The molecular formula is C11H7ClO3. The predicted octanol–water partition coefficient (Wildman–Crippen LogP) is 2.21. The number of carbonyl (C=O) groups is 1. The lowest BCUT2D eigenvalue weighted by Crippen LogP contribution is -2.15. The van der Waals surface area contributed by atoms with Crippen molar-refractivity contribution in [1.29, 1.82) is 0 Å². The van der Waals surface area contributed by atoms with Crippen molar-refractivity contribution >= 4 is 28.4 Å². The van der Waals surface area contributed by atoms with E-state index in [1.807, 2.05) is 0 Å². The Bertz CT molecular complexity index is 571. The van der Waals surface area contributed by atoms with Gasteiger partial charge in [0.2, 0.25) is 5.43 Å². The van der Waals surface area contributed by atoms with Crippen LogP contribution in [0.1, 0.15) is 10.4 Å². The van der Waals surface area contributed by atoms with Crippen LogP contribution in [0.2, 0.25) is 0 Å². The lowest BCUT2D eigenvalue weighted by molar-refractivity contribution is 0.101. The van der Waals surface area contributed by atoms with Crippen LogP contribution in [-0.4, -0.2) is 11.7 Å². The van der Waals surface area contributed by atoms with Crippen molar-refractivity contribution in [3.05, 3.63) is 46.3 Å². The zero-order valence-electron chi connectivity index (χ0n) is 7.70. The van der Waals surface area contributed by atoms with E-state index in [4.69, 9.17) is 16.0 Å². The Balaban J connectivity index is 2.76. The molecule has 15 heavy (non-hydrogen) atoms. The van der Waals surface area contributed by atoms with E-state index in [1.54, 1.807) is 24.3 Å². The highest BCUT2D eigenvalue weighted by molar-refractivity contribution is 6.30. The molecule has 0 atom stereocenters. The molecule has 0 aliphatic rings. The van der Waals surface area contributed by atoms with Crippen molar-refractivity contribution in [2.45, 2.75) is 0 Å². The molecule has 0 fully saturated rings. The molecule has 0 radical (unpaired) electrons. The highest BCUT2D eigenvalue weighted by Crippen LogP contribution is 2.10. The van der Waals surface area contributed by atoms with Crippen LogP contribution in [0.25, 0.3) is 11.0 Å². The minimum atomic E-state index is -0.420. The number of hydrogen-bond acceptors (Lipinski definition) is 3. The number of Topliss-reactive ketones (excluding diaryl/α,β-unsaturated/α-hetero) is 1. The SMILES string of the molecule is O=C(CCl)c1coc2ccccc2c1=O. The van der Waals surface area contributed by atoms with E-state index in [0.717, 1.165) is 6.26 Å². The van der Waals surface area contributed by atoms with Gasteiger partial charge in [-0.05, 0) is 12.1 Å². The Kier molecular flexibility index (Phi) is 2.56. The number of hydrogen-bond donors (Lipinski definition) is 0. The highest BCUT2D eigenvalue weighted by atomic mass is 35.5. The third-order valence-electron chi connectivity index (χ3n) is 2.10. The molecule has 0 aliphatic carbocycles. The average molecular weight is 223 g/mol. The van der Waals surface area contributed by atoms with Gasteiger partial charge in [0, 0.05) is 0 Å². The van der Waals surface area contributed by atoms with Crippen LogP contribution in [0.4, 0.5) is 0 Å². The minimum absolute atomic E-state index is 0.00343. The van der Waals surface area contributed by atoms with Crippen molar-refractivity contribution in [3.8, 4) is 0 Å².